The van der Waals surface area contributed by atoms with E-state index < -0.39 is 10.0 Å². The second kappa shape index (κ2) is 9.57. The zero-order valence-electron chi connectivity index (χ0n) is 17.0. The third-order valence-electron chi connectivity index (χ3n) is 5.41. The van der Waals surface area contributed by atoms with Gasteiger partial charge in [0.15, 0.2) is 5.17 Å². The van der Waals surface area contributed by atoms with Crippen LogP contribution in [0.2, 0.25) is 10.0 Å². The van der Waals surface area contributed by atoms with Crippen molar-refractivity contribution in [3.05, 3.63) is 63.0 Å². The molecule has 0 atom stereocenters. The Morgan fingerprint density at radius 1 is 1.03 bits per heavy atom. The summed E-state index contributed by atoms with van der Waals surface area (Å²) in [6, 6.07) is 11.3. The fourth-order valence-electron chi connectivity index (χ4n) is 3.80. The van der Waals surface area contributed by atoms with Gasteiger partial charge in [0.1, 0.15) is 0 Å². The van der Waals surface area contributed by atoms with Crippen molar-refractivity contribution in [2.45, 2.75) is 43.0 Å². The quantitative estimate of drug-likeness (QED) is 0.544. The normalized spacial score (nSPS) is 20.5. The molecule has 2 N–H and O–H groups in total. The SMILES string of the molecule is NS(=O)(=O)c1ccc(/N=C2\S/C(=C\c3ccc(Cl)c(Cl)c3)C(=O)N2C2CCCCC2)cc1. The van der Waals surface area contributed by atoms with Crippen LogP contribution in [0.3, 0.4) is 0 Å². The van der Waals surface area contributed by atoms with E-state index in [1.165, 1.54) is 30.3 Å². The molecule has 2 aromatic carbocycles. The van der Waals surface area contributed by atoms with E-state index in [0.29, 0.717) is 25.8 Å². The third kappa shape index (κ3) is 5.21. The van der Waals surface area contributed by atoms with Crippen LogP contribution in [0.4, 0.5) is 5.69 Å². The van der Waals surface area contributed by atoms with Gasteiger partial charge in [-0.2, -0.15) is 0 Å². The summed E-state index contributed by atoms with van der Waals surface area (Å²) in [5.41, 5.74) is 1.32. The van der Waals surface area contributed by atoms with Gasteiger partial charge in [0, 0.05) is 6.04 Å². The van der Waals surface area contributed by atoms with Gasteiger partial charge in [-0.15, -0.1) is 0 Å². The minimum atomic E-state index is -3.78. The van der Waals surface area contributed by atoms with Crippen molar-refractivity contribution in [2.24, 2.45) is 10.1 Å². The summed E-state index contributed by atoms with van der Waals surface area (Å²) >= 11 is 13.4. The first-order valence-electron chi connectivity index (χ1n) is 10.1. The van der Waals surface area contributed by atoms with E-state index in [0.717, 1.165) is 31.2 Å². The molecule has 2 aromatic rings. The van der Waals surface area contributed by atoms with Gasteiger partial charge in [-0.1, -0.05) is 48.5 Å². The first-order chi connectivity index (χ1) is 15.2. The lowest BCUT2D eigenvalue weighted by Gasteiger charge is -2.30. The number of amidine groups is 1. The van der Waals surface area contributed by atoms with Gasteiger partial charge in [0.2, 0.25) is 10.0 Å². The predicted octanol–water partition coefficient (Wildman–Crippen LogP) is 5.58. The summed E-state index contributed by atoms with van der Waals surface area (Å²) in [6.45, 7) is 0. The molecule has 0 aromatic heterocycles. The maximum atomic E-state index is 13.3. The lowest BCUT2D eigenvalue weighted by atomic mass is 9.94. The lowest BCUT2D eigenvalue weighted by Crippen LogP contribution is -2.40. The first kappa shape index (κ1) is 23.3. The van der Waals surface area contributed by atoms with Gasteiger partial charge in [0.25, 0.3) is 5.91 Å². The Hall–Kier alpha value is -1.84. The van der Waals surface area contributed by atoms with Crippen LogP contribution in [0, 0.1) is 0 Å². The summed E-state index contributed by atoms with van der Waals surface area (Å²) < 4.78 is 23.0. The lowest BCUT2D eigenvalue weighted by molar-refractivity contribution is -0.124. The highest BCUT2D eigenvalue weighted by Crippen LogP contribution is 2.39. The van der Waals surface area contributed by atoms with Crippen LogP contribution in [-0.2, 0) is 14.8 Å². The van der Waals surface area contributed by atoms with Crippen LogP contribution < -0.4 is 5.14 Å². The number of amides is 1. The first-order valence-corrected chi connectivity index (χ1v) is 13.2. The number of rotatable bonds is 4. The highest BCUT2D eigenvalue weighted by molar-refractivity contribution is 8.18. The average Bonchev–Trinajstić information content (AvgIpc) is 3.05. The Kier molecular flexibility index (Phi) is 6.97. The molecule has 168 valence electrons. The maximum Gasteiger partial charge on any atom is 0.267 e. The molecule has 0 bridgehead atoms. The predicted molar refractivity (Wildman–Crippen MR) is 131 cm³/mol. The highest BCUT2D eigenvalue weighted by atomic mass is 35.5. The standard InChI is InChI=1S/C22H21Cl2N3O3S2/c23-18-11-6-14(12-19(18)24)13-20-21(28)27(16-4-2-1-3-5-16)22(31-20)26-15-7-9-17(10-8-15)32(25,29)30/h6-13,16H,1-5H2,(H2,25,29,30)/b20-13-,26-22-. The Labute approximate surface area is 201 Å². The number of nitrogens with two attached hydrogens (primary N) is 1. The number of primary sulfonamides is 1. The van der Waals surface area contributed by atoms with Crippen LogP contribution in [0.5, 0.6) is 0 Å². The molecule has 1 aliphatic carbocycles. The number of carbonyl (C=O) groups is 1. The largest absolute Gasteiger partial charge is 0.283 e. The molecule has 6 nitrogen and oxygen atoms in total. The molecule has 1 heterocycles. The van der Waals surface area contributed by atoms with E-state index in [1.807, 2.05) is 0 Å². The fourth-order valence-corrected chi connectivity index (χ4v) is 5.68. The molecule has 4 rings (SSSR count). The minimum absolute atomic E-state index is 0.0148. The van der Waals surface area contributed by atoms with Crippen molar-refractivity contribution in [1.29, 1.82) is 0 Å². The molecule has 1 saturated carbocycles. The van der Waals surface area contributed by atoms with Gasteiger partial charge in [0.05, 0.1) is 25.5 Å². The van der Waals surface area contributed by atoms with Crippen LogP contribution >= 0.6 is 35.0 Å². The van der Waals surface area contributed by atoms with Gasteiger partial charge in [-0.05, 0) is 72.6 Å². The minimum Gasteiger partial charge on any atom is -0.283 e. The molecule has 2 fully saturated rings. The molecule has 0 radical (unpaired) electrons. The molecular formula is C22H21Cl2N3O3S2. The number of nitrogens with zero attached hydrogens (tertiary/aromatic N) is 2. The summed E-state index contributed by atoms with van der Waals surface area (Å²) in [5.74, 6) is -0.0899. The number of thioether (sulfide) groups is 1. The molecule has 32 heavy (non-hydrogen) atoms. The summed E-state index contributed by atoms with van der Waals surface area (Å²) in [7, 11) is -3.78. The van der Waals surface area contributed by atoms with Crippen molar-refractivity contribution >= 4 is 67.8 Å². The molecule has 0 unspecified atom stereocenters. The molecule has 0 spiro atoms. The smallest absolute Gasteiger partial charge is 0.267 e. The molecular weight excluding hydrogens is 489 g/mol. The van der Waals surface area contributed by atoms with E-state index in [2.05, 4.69) is 4.99 Å². The number of hydrogen-bond donors (Lipinski definition) is 1. The number of aliphatic imine (C=N–C) groups is 1. The Morgan fingerprint density at radius 2 is 1.72 bits per heavy atom. The molecule has 10 heteroatoms. The van der Waals surface area contributed by atoms with Crippen molar-refractivity contribution in [2.75, 3.05) is 0 Å². The zero-order chi connectivity index (χ0) is 22.9. The summed E-state index contributed by atoms with van der Waals surface area (Å²) in [5, 5.41) is 6.63. The highest BCUT2D eigenvalue weighted by Gasteiger charge is 2.38. The topological polar surface area (TPSA) is 92.8 Å². The third-order valence-corrected chi connectivity index (χ3v) is 8.06. The average molecular weight is 510 g/mol. The summed E-state index contributed by atoms with van der Waals surface area (Å²) in [6.07, 6.45) is 6.95. The van der Waals surface area contributed by atoms with E-state index in [-0.39, 0.29) is 16.8 Å². The second-order valence-corrected chi connectivity index (χ2v) is 11.1. The van der Waals surface area contributed by atoms with Crippen molar-refractivity contribution < 1.29 is 13.2 Å². The molecule has 1 aliphatic heterocycles. The number of halogens is 2. The van der Waals surface area contributed by atoms with Crippen LogP contribution in [0.15, 0.2) is 57.3 Å². The molecule has 1 amide bonds. The van der Waals surface area contributed by atoms with E-state index in [9.17, 15) is 13.2 Å². The Morgan fingerprint density at radius 3 is 2.34 bits per heavy atom. The number of hydrogen-bond acceptors (Lipinski definition) is 5. The van der Waals surface area contributed by atoms with Crippen molar-refractivity contribution in [1.82, 2.24) is 4.90 Å². The fraction of sp³-hybridized carbons (Fsp3) is 0.273. The van der Waals surface area contributed by atoms with Crippen LogP contribution in [-0.4, -0.2) is 30.4 Å². The second-order valence-electron chi connectivity index (χ2n) is 7.68. The number of benzene rings is 2. The van der Waals surface area contributed by atoms with Crippen LogP contribution in [0.1, 0.15) is 37.7 Å². The number of sulfonamides is 1. The van der Waals surface area contributed by atoms with E-state index in [1.54, 1.807) is 41.3 Å². The number of carbonyl (C=O) groups excluding carboxylic acids is 1. The Balaban J connectivity index is 1.69. The molecule has 2 aliphatic rings. The maximum absolute atomic E-state index is 13.3. The van der Waals surface area contributed by atoms with E-state index >= 15 is 0 Å². The summed E-state index contributed by atoms with van der Waals surface area (Å²) in [4.78, 5) is 20.4. The van der Waals surface area contributed by atoms with Gasteiger partial charge in [-0.3, -0.25) is 9.69 Å². The van der Waals surface area contributed by atoms with Crippen molar-refractivity contribution in [3.63, 3.8) is 0 Å². The van der Waals surface area contributed by atoms with E-state index in [4.69, 9.17) is 28.3 Å². The van der Waals surface area contributed by atoms with Crippen LogP contribution in [0.25, 0.3) is 6.08 Å². The zero-order valence-corrected chi connectivity index (χ0v) is 20.1. The van der Waals surface area contributed by atoms with Gasteiger partial charge >= 0.3 is 0 Å². The monoisotopic (exact) mass is 509 g/mol. The van der Waals surface area contributed by atoms with Gasteiger partial charge in [-0.25, -0.2) is 18.5 Å². The molecule has 1 saturated heterocycles. The van der Waals surface area contributed by atoms with Crippen molar-refractivity contribution in [3.8, 4) is 0 Å². The van der Waals surface area contributed by atoms with Gasteiger partial charge < -0.3 is 0 Å². The Bertz CT molecular complexity index is 1210.